The maximum Gasteiger partial charge on any atom is 0.228 e. The van der Waals surface area contributed by atoms with Crippen LogP contribution in [0.25, 0.3) is 0 Å². The van der Waals surface area contributed by atoms with E-state index in [0.717, 1.165) is 50.3 Å². The number of benzene rings is 1. The van der Waals surface area contributed by atoms with Gasteiger partial charge in [-0.15, -0.1) is 0 Å². The molecule has 5 heteroatoms. The van der Waals surface area contributed by atoms with Crippen LogP contribution in [0.15, 0.2) is 24.3 Å². The van der Waals surface area contributed by atoms with Crippen LogP contribution in [0.2, 0.25) is 0 Å². The summed E-state index contributed by atoms with van der Waals surface area (Å²) in [4.78, 5) is 26.1. The Balaban J connectivity index is 1.75. The number of hydrogen-bond acceptors (Lipinski definition) is 3. The zero-order valence-electron chi connectivity index (χ0n) is 12.1. The van der Waals surface area contributed by atoms with Gasteiger partial charge in [-0.25, -0.2) is 0 Å². The molecule has 2 aliphatic heterocycles. The number of rotatable bonds is 3. The Labute approximate surface area is 124 Å². The van der Waals surface area contributed by atoms with Gasteiger partial charge in [0.2, 0.25) is 11.8 Å². The van der Waals surface area contributed by atoms with E-state index in [-0.39, 0.29) is 17.7 Å². The molecule has 21 heavy (non-hydrogen) atoms. The highest BCUT2D eigenvalue weighted by Gasteiger charge is 2.26. The highest BCUT2D eigenvalue weighted by Crippen LogP contribution is 2.29. The summed E-state index contributed by atoms with van der Waals surface area (Å²) in [7, 11) is 0. The minimum atomic E-state index is 0.0149. The lowest BCUT2D eigenvalue weighted by atomic mass is 9.98. The molecule has 2 aliphatic rings. The summed E-state index contributed by atoms with van der Waals surface area (Å²) in [6.45, 7) is 2.45. The van der Waals surface area contributed by atoms with Crippen LogP contribution in [-0.2, 0) is 9.59 Å². The molecule has 0 aromatic heterocycles. The molecule has 1 atom stereocenters. The summed E-state index contributed by atoms with van der Waals surface area (Å²) >= 11 is 0. The van der Waals surface area contributed by atoms with Crippen molar-refractivity contribution in [3.8, 4) is 0 Å². The fraction of sp³-hybridized carbons (Fsp3) is 0.500. The van der Waals surface area contributed by atoms with Crippen molar-refractivity contribution in [2.75, 3.05) is 29.9 Å². The zero-order chi connectivity index (χ0) is 14.7. The van der Waals surface area contributed by atoms with Crippen LogP contribution in [0.4, 0.5) is 11.4 Å². The van der Waals surface area contributed by atoms with Gasteiger partial charge in [0.15, 0.2) is 0 Å². The molecular weight excluding hydrogens is 266 g/mol. The number of nitrogens with zero attached hydrogens (tertiary/aromatic N) is 1. The van der Waals surface area contributed by atoms with Gasteiger partial charge in [0.1, 0.15) is 0 Å². The Hall–Kier alpha value is -1.88. The number of nitrogens with one attached hydrogen (secondary N) is 2. The van der Waals surface area contributed by atoms with Crippen molar-refractivity contribution in [2.45, 2.75) is 25.7 Å². The van der Waals surface area contributed by atoms with Crippen LogP contribution in [0, 0.1) is 5.92 Å². The maximum atomic E-state index is 12.4. The lowest BCUT2D eigenvalue weighted by Crippen LogP contribution is -2.37. The normalized spacial score (nSPS) is 22.4. The smallest absolute Gasteiger partial charge is 0.228 e. The van der Waals surface area contributed by atoms with Crippen molar-refractivity contribution in [2.24, 2.45) is 5.92 Å². The molecule has 2 N–H and O–H groups in total. The Morgan fingerprint density at radius 3 is 2.86 bits per heavy atom. The molecule has 2 amide bonds. The summed E-state index contributed by atoms with van der Waals surface area (Å²) in [6, 6.07) is 7.56. The Morgan fingerprint density at radius 2 is 2.14 bits per heavy atom. The quantitative estimate of drug-likeness (QED) is 0.890. The molecule has 3 rings (SSSR count). The van der Waals surface area contributed by atoms with Crippen LogP contribution in [0.3, 0.4) is 0 Å². The topological polar surface area (TPSA) is 61.4 Å². The first-order valence-electron chi connectivity index (χ1n) is 7.66. The van der Waals surface area contributed by atoms with E-state index in [1.807, 2.05) is 24.3 Å². The number of carbonyl (C=O) groups is 2. The van der Waals surface area contributed by atoms with E-state index >= 15 is 0 Å². The van der Waals surface area contributed by atoms with E-state index in [1.165, 1.54) is 0 Å². The van der Waals surface area contributed by atoms with Gasteiger partial charge in [-0.3, -0.25) is 9.59 Å². The Kier molecular flexibility index (Phi) is 4.20. The largest absolute Gasteiger partial charge is 0.324 e. The summed E-state index contributed by atoms with van der Waals surface area (Å²) < 4.78 is 0. The predicted molar refractivity (Wildman–Crippen MR) is 82.3 cm³/mol. The molecule has 1 aromatic carbocycles. The fourth-order valence-corrected chi connectivity index (χ4v) is 3.03. The van der Waals surface area contributed by atoms with Gasteiger partial charge in [-0.2, -0.15) is 0 Å². The molecule has 0 saturated carbocycles. The van der Waals surface area contributed by atoms with E-state index < -0.39 is 0 Å². The van der Waals surface area contributed by atoms with Crippen LogP contribution in [-0.4, -0.2) is 31.4 Å². The molecule has 112 valence electrons. The average molecular weight is 287 g/mol. The Morgan fingerprint density at radius 1 is 1.29 bits per heavy atom. The molecule has 0 bridgehead atoms. The molecule has 2 heterocycles. The number of para-hydroxylation sites is 2. The van der Waals surface area contributed by atoms with E-state index in [2.05, 4.69) is 10.6 Å². The average Bonchev–Trinajstić information content (AvgIpc) is 2.95. The number of amides is 2. The minimum absolute atomic E-state index is 0.0149. The van der Waals surface area contributed by atoms with Crippen molar-refractivity contribution in [3.05, 3.63) is 24.3 Å². The van der Waals surface area contributed by atoms with Gasteiger partial charge < -0.3 is 15.5 Å². The highest BCUT2D eigenvalue weighted by molar-refractivity contribution is 6.02. The first kappa shape index (κ1) is 14.1. The van der Waals surface area contributed by atoms with E-state index in [0.29, 0.717) is 6.42 Å². The molecule has 1 aromatic rings. The van der Waals surface area contributed by atoms with E-state index in [1.54, 1.807) is 4.90 Å². The van der Waals surface area contributed by atoms with Gasteiger partial charge in [0.25, 0.3) is 0 Å². The molecule has 0 unspecified atom stereocenters. The van der Waals surface area contributed by atoms with Crippen molar-refractivity contribution in [3.63, 3.8) is 0 Å². The lowest BCUT2D eigenvalue weighted by Gasteiger charge is -2.24. The maximum absolute atomic E-state index is 12.4. The molecule has 0 aliphatic carbocycles. The monoisotopic (exact) mass is 287 g/mol. The van der Waals surface area contributed by atoms with Gasteiger partial charge >= 0.3 is 0 Å². The van der Waals surface area contributed by atoms with Crippen LogP contribution < -0.4 is 15.5 Å². The van der Waals surface area contributed by atoms with Crippen molar-refractivity contribution < 1.29 is 9.59 Å². The first-order valence-corrected chi connectivity index (χ1v) is 7.66. The molecule has 2 saturated heterocycles. The summed E-state index contributed by atoms with van der Waals surface area (Å²) in [5.41, 5.74) is 1.56. The van der Waals surface area contributed by atoms with Crippen LogP contribution in [0.5, 0.6) is 0 Å². The molecule has 0 spiro atoms. The third-order valence-corrected chi connectivity index (χ3v) is 4.19. The van der Waals surface area contributed by atoms with E-state index in [9.17, 15) is 9.59 Å². The van der Waals surface area contributed by atoms with E-state index in [4.69, 9.17) is 0 Å². The molecular formula is C16H21N3O2. The van der Waals surface area contributed by atoms with Gasteiger partial charge in [0, 0.05) is 19.5 Å². The molecule has 2 fully saturated rings. The number of carbonyl (C=O) groups excluding carboxylic acids is 2. The highest BCUT2D eigenvalue weighted by atomic mass is 16.2. The second-order valence-electron chi connectivity index (χ2n) is 5.70. The van der Waals surface area contributed by atoms with Gasteiger partial charge in [-0.05, 0) is 37.9 Å². The standard InChI is InChI=1S/C16H21N3O2/c20-15-8-4-10-19(15)14-7-2-1-6-13(14)18-16(21)12-5-3-9-17-11-12/h1-2,6-7,12,17H,3-5,8-11H2,(H,18,21)/t12-/m0/s1. The third kappa shape index (κ3) is 3.08. The summed E-state index contributed by atoms with van der Waals surface area (Å²) in [6.07, 6.45) is 3.43. The first-order chi connectivity index (χ1) is 10.3. The summed E-state index contributed by atoms with van der Waals surface area (Å²) in [5, 5.41) is 6.26. The van der Waals surface area contributed by atoms with Crippen LogP contribution in [0.1, 0.15) is 25.7 Å². The molecule has 0 radical (unpaired) electrons. The van der Waals surface area contributed by atoms with Gasteiger partial charge in [0.05, 0.1) is 17.3 Å². The number of piperidine rings is 1. The second kappa shape index (κ2) is 6.26. The second-order valence-corrected chi connectivity index (χ2v) is 5.70. The number of hydrogen-bond donors (Lipinski definition) is 2. The van der Waals surface area contributed by atoms with Crippen molar-refractivity contribution in [1.29, 1.82) is 0 Å². The van der Waals surface area contributed by atoms with Crippen LogP contribution >= 0.6 is 0 Å². The summed E-state index contributed by atoms with van der Waals surface area (Å²) in [5.74, 6) is 0.193. The Bertz CT molecular complexity index is 538. The van der Waals surface area contributed by atoms with Gasteiger partial charge in [-0.1, -0.05) is 12.1 Å². The van der Waals surface area contributed by atoms with Crippen molar-refractivity contribution in [1.82, 2.24) is 5.32 Å². The minimum Gasteiger partial charge on any atom is -0.324 e. The zero-order valence-corrected chi connectivity index (χ0v) is 12.1. The number of anilines is 2. The third-order valence-electron chi connectivity index (χ3n) is 4.19. The predicted octanol–water partition coefficient (Wildman–Crippen LogP) is 1.75. The lowest BCUT2D eigenvalue weighted by molar-refractivity contribution is -0.120. The SMILES string of the molecule is O=C(Nc1ccccc1N1CCCC1=O)[C@H]1CCCNC1. The fourth-order valence-electron chi connectivity index (χ4n) is 3.03. The molecule has 5 nitrogen and oxygen atoms in total. The van der Waals surface area contributed by atoms with Crippen molar-refractivity contribution >= 4 is 23.2 Å².